The molecule has 0 aliphatic carbocycles. The summed E-state index contributed by atoms with van der Waals surface area (Å²) in [7, 11) is 0. The summed E-state index contributed by atoms with van der Waals surface area (Å²) < 4.78 is 28.4. The minimum atomic E-state index is -1.01. The first-order valence-electron chi connectivity index (χ1n) is 6.22. The van der Waals surface area contributed by atoms with Gasteiger partial charge in [-0.1, -0.05) is 37.9 Å². The molecular formula is C15H13Br2F2NO. The predicted octanol–water partition coefficient (Wildman–Crippen LogP) is 4.27. The van der Waals surface area contributed by atoms with Crippen molar-refractivity contribution < 1.29 is 13.9 Å². The SMILES string of the molecule is NCC(c1ccc(F)cc1F)C(O)c1cc(Br)ccc1Br. The van der Waals surface area contributed by atoms with E-state index in [1.54, 1.807) is 12.1 Å². The molecule has 0 saturated carbocycles. The molecule has 112 valence electrons. The quantitative estimate of drug-likeness (QED) is 0.775. The number of aliphatic hydroxyl groups is 1. The summed E-state index contributed by atoms with van der Waals surface area (Å²) in [5.41, 5.74) is 6.47. The third-order valence-corrected chi connectivity index (χ3v) is 4.49. The summed E-state index contributed by atoms with van der Waals surface area (Å²) in [5.74, 6) is -2.04. The van der Waals surface area contributed by atoms with Gasteiger partial charge in [0.15, 0.2) is 0 Å². The van der Waals surface area contributed by atoms with Crippen molar-refractivity contribution in [3.8, 4) is 0 Å². The van der Waals surface area contributed by atoms with Crippen molar-refractivity contribution in [1.82, 2.24) is 0 Å². The van der Waals surface area contributed by atoms with E-state index < -0.39 is 23.7 Å². The van der Waals surface area contributed by atoms with E-state index >= 15 is 0 Å². The number of halogens is 4. The summed E-state index contributed by atoms with van der Waals surface area (Å²) in [6.45, 7) is 0.0304. The number of benzene rings is 2. The zero-order valence-electron chi connectivity index (χ0n) is 10.9. The first-order valence-corrected chi connectivity index (χ1v) is 7.80. The van der Waals surface area contributed by atoms with E-state index in [1.165, 1.54) is 6.07 Å². The molecule has 0 aliphatic heterocycles. The summed E-state index contributed by atoms with van der Waals surface area (Å²) in [5, 5.41) is 10.5. The lowest BCUT2D eigenvalue weighted by molar-refractivity contribution is 0.145. The number of rotatable bonds is 4. The van der Waals surface area contributed by atoms with Crippen molar-refractivity contribution in [3.05, 3.63) is 68.1 Å². The van der Waals surface area contributed by atoms with Gasteiger partial charge in [-0.25, -0.2) is 8.78 Å². The van der Waals surface area contributed by atoms with E-state index in [0.29, 0.717) is 10.0 Å². The van der Waals surface area contributed by atoms with Gasteiger partial charge in [-0.05, 0) is 35.4 Å². The molecular weight excluding hydrogens is 408 g/mol. The molecule has 3 N–H and O–H groups in total. The lowest BCUT2D eigenvalue weighted by Crippen LogP contribution is -2.21. The van der Waals surface area contributed by atoms with Crippen molar-refractivity contribution in [2.45, 2.75) is 12.0 Å². The fourth-order valence-corrected chi connectivity index (χ4v) is 3.05. The molecule has 0 heterocycles. The molecule has 2 rings (SSSR count). The van der Waals surface area contributed by atoms with Crippen LogP contribution < -0.4 is 5.73 Å². The monoisotopic (exact) mass is 419 g/mol. The normalized spacial score (nSPS) is 14.0. The highest BCUT2D eigenvalue weighted by atomic mass is 79.9. The van der Waals surface area contributed by atoms with Gasteiger partial charge in [0, 0.05) is 27.5 Å². The van der Waals surface area contributed by atoms with Crippen LogP contribution in [0.2, 0.25) is 0 Å². The zero-order valence-corrected chi connectivity index (χ0v) is 14.0. The van der Waals surface area contributed by atoms with Crippen LogP contribution in [0.25, 0.3) is 0 Å². The smallest absolute Gasteiger partial charge is 0.129 e. The predicted molar refractivity (Wildman–Crippen MR) is 85.0 cm³/mol. The maximum absolute atomic E-state index is 13.9. The Morgan fingerprint density at radius 3 is 2.38 bits per heavy atom. The van der Waals surface area contributed by atoms with Crippen LogP contribution in [-0.4, -0.2) is 11.7 Å². The maximum Gasteiger partial charge on any atom is 0.129 e. The number of hydrogen-bond acceptors (Lipinski definition) is 2. The van der Waals surface area contributed by atoms with Crippen molar-refractivity contribution >= 4 is 31.9 Å². The van der Waals surface area contributed by atoms with Crippen LogP contribution in [0.1, 0.15) is 23.1 Å². The zero-order chi connectivity index (χ0) is 15.6. The van der Waals surface area contributed by atoms with Crippen molar-refractivity contribution in [2.24, 2.45) is 5.73 Å². The second-order valence-corrected chi connectivity index (χ2v) is 6.39. The number of nitrogens with two attached hydrogens (primary N) is 1. The summed E-state index contributed by atoms with van der Waals surface area (Å²) in [4.78, 5) is 0. The van der Waals surface area contributed by atoms with Crippen LogP contribution in [0.5, 0.6) is 0 Å². The second kappa shape index (κ2) is 6.96. The fourth-order valence-electron chi connectivity index (χ4n) is 2.19. The molecule has 0 spiro atoms. The standard InChI is InChI=1S/C15H13Br2F2NO/c16-8-1-4-13(17)11(5-8)15(21)12(7-20)10-3-2-9(18)6-14(10)19/h1-6,12,15,21H,7,20H2. The minimum Gasteiger partial charge on any atom is -0.388 e. The van der Waals surface area contributed by atoms with Crippen LogP contribution in [-0.2, 0) is 0 Å². The Kier molecular flexibility index (Phi) is 5.48. The molecule has 6 heteroatoms. The molecule has 0 bridgehead atoms. The lowest BCUT2D eigenvalue weighted by atomic mass is 9.89. The Hall–Kier alpha value is -0.820. The van der Waals surface area contributed by atoms with Gasteiger partial charge in [-0.3, -0.25) is 0 Å². The summed E-state index contributed by atoms with van der Waals surface area (Å²) >= 11 is 6.68. The molecule has 21 heavy (non-hydrogen) atoms. The van der Waals surface area contributed by atoms with E-state index in [0.717, 1.165) is 16.6 Å². The Labute approximate surface area is 138 Å². The maximum atomic E-state index is 13.9. The van der Waals surface area contributed by atoms with Gasteiger partial charge in [0.2, 0.25) is 0 Å². The first kappa shape index (κ1) is 16.5. The van der Waals surface area contributed by atoms with Gasteiger partial charge in [-0.15, -0.1) is 0 Å². The average molecular weight is 421 g/mol. The molecule has 2 aromatic carbocycles. The van der Waals surface area contributed by atoms with Crippen LogP contribution in [0.15, 0.2) is 45.3 Å². The lowest BCUT2D eigenvalue weighted by Gasteiger charge is -2.24. The third kappa shape index (κ3) is 3.69. The highest BCUT2D eigenvalue weighted by Crippen LogP contribution is 2.36. The fraction of sp³-hybridized carbons (Fsp3) is 0.200. The van der Waals surface area contributed by atoms with Crippen molar-refractivity contribution in [1.29, 1.82) is 0 Å². The molecule has 0 aliphatic rings. The van der Waals surface area contributed by atoms with Crippen molar-refractivity contribution in [2.75, 3.05) is 6.54 Å². The molecule has 0 radical (unpaired) electrons. The summed E-state index contributed by atoms with van der Waals surface area (Å²) in [6.07, 6.45) is -1.01. The molecule has 0 fully saturated rings. The van der Waals surface area contributed by atoms with E-state index in [-0.39, 0.29) is 12.1 Å². The minimum absolute atomic E-state index is 0.0304. The summed E-state index contributed by atoms with van der Waals surface area (Å²) in [6, 6.07) is 8.59. The van der Waals surface area contributed by atoms with Crippen LogP contribution in [0.3, 0.4) is 0 Å². The Morgan fingerprint density at radius 1 is 1.05 bits per heavy atom. The Balaban J connectivity index is 2.43. The topological polar surface area (TPSA) is 46.2 Å². The van der Waals surface area contributed by atoms with Gasteiger partial charge in [0.25, 0.3) is 0 Å². The van der Waals surface area contributed by atoms with E-state index in [2.05, 4.69) is 31.9 Å². The van der Waals surface area contributed by atoms with Gasteiger partial charge < -0.3 is 10.8 Å². The first-order chi connectivity index (χ1) is 9.93. The molecule has 2 atom stereocenters. The van der Waals surface area contributed by atoms with Crippen LogP contribution in [0, 0.1) is 11.6 Å². The third-order valence-electron chi connectivity index (χ3n) is 3.27. The molecule has 2 unspecified atom stereocenters. The molecule has 0 aromatic heterocycles. The van der Waals surface area contributed by atoms with Gasteiger partial charge in [0.05, 0.1) is 6.10 Å². The molecule has 2 aromatic rings. The van der Waals surface area contributed by atoms with Gasteiger partial charge >= 0.3 is 0 Å². The number of aliphatic hydroxyl groups excluding tert-OH is 1. The van der Waals surface area contributed by atoms with E-state index in [1.807, 2.05) is 6.07 Å². The highest BCUT2D eigenvalue weighted by molar-refractivity contribution is 9.11. The van der Waals surface area contributed by atoms with E-state index in [9.17, 15) is 13.9 Å². The molecule has 0 amide bonds. The molecule has 2 nitrogen and oxygen atoms in total. The van der Waals surface area contributed by atoms with Gasteiger partial charge in [0.1, 0.15) is 11.6 Å². The van der Waals surface area contributed by atoms with Crippen LogP contribution >= 0.6 is 31.9 Å². The largest absolute Gasteiger partial charge is 0.388 e. The Bertz CT molecular complexity index is 652. The van der Waals surface area contributed by atoms with Crippen LogP contribution in [0.4, 0.5) is 8.78 Å². The highest BCUT2D eigenvalue weighted by Gasteiger charge is 2.26. The van der Waals surface area contributed by atoms with E-state index in [4.69, 9.17) is 5.73 Å². The van der Waals surface area contributed by atoms with Crippen molar-refractivity contribution in [3.63, 3.8) is 0 Å². The van der Waals surface area contributed by atoms with Gasteiger partial charge in [-0.2, -0.15) is 0 Å². The Morgan fingerprint density at radius 2 is 1.76 bits per heavy atom. The molecule has 0 saturated heterocycles. The number of hydrogen-bond donors (Lipinski definition) is 2. The average Bonchev–Trinajstić information content (AvgIpc) is 2.44. The second-order valence-electron chi connectivity index (χ2n) is 4.62.